The van der Waals surface area contributed by atoms with Gasteiger partial charge < -0.3 is 4.90 Å². The third-order valence-electron chi connectivity index (χ3n) is 3.67. The van der Waals surface area contributed by atoms with Gasteiger partial charge in [-0.05, 0) is 31.2 Å². The highest BCUT2D eigenvalue weighted by atomic mass is 16.7. The largest absolute Gasteiger partial charge is 0.378 e. The zero-order chi connectivity index (χ0) is 18.3. The van der Waals surface area contributed by atoms with Gasteiger partial charge in [0.2, 0.25) is 0 Å². The van der Waals surface area contributed by atoms with Crippen LogP contribution < -0.4 is 4.90 Å². The standard InChI is InChI=1S/C19H26N2O3/c1-14(7-12-18(22)21(5)24-6)13-15(2)19(23)16-8-10-17(11-9-16)20(3)4/h7-13,15H,1-6H3/b12-7+,14-13+. The molecule has 1 aromatic carbocycles. The van der Waals surface area contributed by atoms with Gasteiger partial charge in [-0.1, -0.05) is 24.6 Å². The molecular formula is C19H26N2O3. The summed E-state index contributed by atoms with van der Waals surface area (Å²) in [5.74, 6) is -0.480. The fourth-order valence-corrected chi connectivity index (χ4v) is 2.11. The van der Waals surface area contributed by atoms with Crippen molar-refractivity contribution < 1.29 is 14.4 Å². The molecule has 1 unspecified atom stereocenters. The maximum Gasteiger partial charge on any atom is 0.269 e. The minimum Gasteiger partial charge on any atom is -0.378 e. The number of ketones is 1. The number of allylic oxidation sites excluding steroid dienone is 3. The first-order valence-electron chi connectivity index (χ1n) is 7.76. The molecule has 0 saturated heterocycles. The number of rotatable bonds is 7. The van der Waals surface area contributed by atoms with Gasteiger partial charge in [0.05, 0.1) is 7.11 Å². The van der Waals surface area contributed by atoms with E-state index in [2.05, 4.69) is 0 Å². The van der Waals surface area contributed by atoms with Gasteiger partial charge in [-0.25, -0.2) is 5.06 Å². The van der Waals surface area contributed by atoms with E-state index in [1.54, 1.807) is 6.08 Å². The summed E-state index contributed by atoms with van der Waals surface area (Å²) in [7, 11) is 6.88. The number of amides is 1. The molecule has 1 rings (SSSR count). The van der Waals surface area contributed by atoms with Gasteiger partial charge >= 0.3 is 0 Å². The van der Waals surface area contributed by atoms with E-state index in [0.29, 0.717) is 5.56 Å². The van der Waals surface area contributed by atoms with Gasteiger partial charge in [0.15, 0.2) is 5.78 Å². The van der Waals surface area contributed by atoms with E-state index < -0.39 is 0 Å². The van der Waals surface area contributed by atoms with Crippen LogP contribution in [0.4, 0.5) is 5.69 Å². The van der Waals surface area contributed by atoms with Crippen molar-refractivity contribution in [3.05, 3.63) is 53.6 Å². The van der Waals surface area contributed by atoms with Crippen LogP contribution in [0.3, 0.4) is 0 Å². The van der Waals surface area contributed by atoms with Crippen molar-refractivity contribution in [3.63, 3.8) is 0 Å². The molecule has 0 bridgehead atoms. The van der Waals surface area contributed by atoms with Crippen molar-refractivity contribution in [2.24, 2.45) is 5.92 Å². The van der Waals surface area contributed by atoms with Crippen molar-refractivity contribution >= 4 is 17.4 Å². The molecule has 0 fully saturated rings. The van der Waals surface area contributed by atoms with Crippen LogP contribution in [0.1, 0.15) is 24.2 Å². The van der Waals surface area contributed by atoms with Gasteiger partial charge in [0.1, 0.15) is 0 Å². The molecule has 0 radical (unpaired) electrons. The number of anilines is 1. The first-order chi connectivity index (χ1) is 11.3. The summed E-state index contributed by atoms with van der Waals surface area (Å²) in [4.78, 5) is 30.9. The molecule has 1 aromatic rings. The highest BCUT2D eigenvalue weighted by Crippen LogP contribution is 2.17. The third-order valence-corrected chi connectivity index (χ3v) is 3.67. The molecule has 0 aliphatic heterocycles. The number of hydrogen-bond acceptors (Lipinski definition) is 4. The third kappa shape index (κ3) is 5.66. The van der Waals surface area contributed by atoms with Gasteiger partial charge in [-0.15, -0.1) is 0 Å². The molecule has 0 spiro atoms. The molecule has 0 heterocycles. The number of hydrogen-bond donors (Lipinski definition) is 0. The fourth-order valence-electron chi connectivity index (χ4n) is 2.11. The van der Waals surface area contributed by atoms with E-state index in [-0.39, 0.29) is 17.6 Å². The molecule has 0 aromatic heterocycles. The van der Waals surface area contributed by atoms with Crippen LogP contribution in [0.5, 0.6) is 0 Å². The van der Waals surface area contributed by atoms with E-state index in [4.69, 9.17) is 4.84 Å². The van der Waals surface area contributed by atoms with Gasteiger partial charge in [0, 0.05) is 44.4 Å². The van der Waals surface area contributed by atoms with Gasteiger partial charge in [-0.3, -0.25) is 14.4 Å². The number of Topliss-reactive ketones (excluding diaryl/α,β-unsaturated/α-hetero) is 1. The summed E-state index contributed by atoms with van der Waals surface area (Å²) in [5.41, 5.74) is 2.57. The number of hydroxylamine groups is 2. The molecule has 0 N–H and O–H groups in total. The maximum atomic E-state index is 12.5. The van der Waals surface area contributed by atoms with E-state index in [1.165, 1.54) is 20.2 Å². The molecular weight excluding hydrogens is 304 g/mol. The average Bonchev–Trinajstić information content (AvgIpc) is 2.58. The summed E-state index contributed by atoms with van der Waals surface area (Å²) >= 11 is 0. The van der Waals surface area contributed by atoms with Gasteiger partial charge in [-0.2, -0.15) is 0 Å². The number of carbonyl (C=O) groups excluding carboxylic acids is 2. The average molecular weight is 330 g/mol. The smallest absolute Gasteiger partial charge is 0.269 e. The van der Waals surface area contributed by atoms with Crippen molar-refractivity contribution in [2.75, 3.05) is 33.2 Å². The Morgan fingerprint density at radius 1 is 1.08 bits per heavy atom. The Morgan fingerprint density at radius 2 is 1.67 bits per heavy atom. The van der Waals surface area contributed by atoms with Crippen LogP contribution in [0, 0.1) is 5.92 Å². The Hall–Kier alpha value is -2.40. The van der Waals surface area contributed by atoms with E-state index in [0.717, 1.165) is 16.3 Å². The molecule has 5 heteroatoms. The Balaban J connectivity index is 2.77. The highest BCUT2D eigenvalue weighted by molar-refractivity contribution is 5.99. The van der Waals surface area contributed by atoms with Crippen LogP contribution in [0.15, 0.2) is 48.1 Å². The van der Waals surface area contributed by atoms with Crippen molar-refractivity contribution in [3.8, 4) is 0 Å². The fraction of sp³-hybridized carbons (Fsp3) is 0.368. The Kier molecular flexibility index (Phi) is 7.39. The van der Waals surface area contributed by atoms with Crippen molar-refractivity contribution in [2.45, 2.75) is 13.8 Å². The molecule has 0 aliphatic carbocycles. The molecule has 1 atom stereocenters. The van der Waals surface area contributed by atoms with Crippen LogP contribution in [-0.2, 0) is 9.63 Å². The minimum absolute atomic E-state index is 0.0494. The predicted octanol–water partition coefficient (Wildman–Crippen LogP) is 3.09. The highest BCUT2D eigenvalue weighted by Gasteiger charge is 2.13. The SMILES string of the molecule is CON(C)C(=O)/C=C/C(C)=C/C(C)C(=O)c1ccc(N(C)C)cc1. The molecule has 0 saturated carbocycles. The Morgan fingerprint density at radius 3 is 2.17 bits per heavy atom. The van der Waals surface area contributed by atoms with Crippen LogP contribution >= 0.6 is 0 Å². The summed E-state index contributed by atoms with van der Waals surface area (Å²) in [6.07, 6.45) is 4.94. The molecule has 5 nitrogen and oxygen atoms in total. The lowest BCUT2D eigenvalue weighted by atomic mass is 9.97. The number of nitrogens with zero attached hydrogens (tertiary/aromatic N) is 2. The number of benzene rings is 1. The second-order valence-electron chi connectivity index (χ2n) is 5.86. The van der Waals surface area contributed by atoms with Crippen LogP contribution in [0.25, 0.3) is 0 Å². The minimum atomic E-state index is -0.268. The van der Waals surface area contributed by atoms with Crippen molar-refractivity contribution in [1.29, 1.82) is 0 Å². The monoisotopic (exact) mass is 330 g/mol. The second kappa shape index (κ2) is 9.03. The molecule has 0 aliphatic rings. The van der Waals surface area contributed by atoms with E-state index in [1.807, 2.05) is 63.2 Å². The lowest BCUT2D eigenvalue weighted by Gasteiger charge is -2.13. The molecule has 130 valence electrons. The number of likely N-dealkylation sites (N-methyl/N-ethyl adjacent to an activating group) is 1. The summed E-state index contributed by atoms with van der Waals surface area (Å²) in [6.45, 7) is 3.71. The van der Waals surface area contributed by atoms with E-state index >= 15 is 0 Å². The lowest BCUT2D eigenvalue weighted by Crippen LogP contribution is -2.23. The first-order valence-corrected chi connectivity index (χ1v) is 7.76. The van der Waals surface area contributed by atoms with Crippen molar-refractivity contribution in [1.82, 2.24) is 5.06 Å². The zero-order valence-electron chi connectivity index (χ0n) is 15.2. The van der Waals surface area contributed by atoms with E-state index in [9.17, 15) is 9.59 Å². The number of carbonyl (C=O) groups is 2. The predicted molar refractivity (Wildman–Crippen MR) is 96.9 cm³/mol. The molecule has 1 amide bonds. The topological polar surface area (TPSA) is 49.9 Å². The zero-order valence-corrected chi connectivity index (χ0v) is 15.2. The van der Waals surface area contributed by atoms with Crippen LogP contribution in [0.2, 0.25) is 0 Å². The Labute approximate surface area is 144 Å². The second-order valence-corrected chi connectivity index (χ2v) is 5.86. The summed E-state index contributed by atoms with van der Waals surface area (Å²) in [5, 5.41) is 1.13. The lowest BCUT2D eigenvalue weighted by molar-refractivity contribution is -0.162. The quantitative estimate of drug-likeness (QED) is 0.334. The maximum absolute atomic E-state index is 12.5. The normalized spacial score (nSPS) is 13.0. The van der Waals surface area contributed by atoms with Crippen LogP contribution in [-0.4, -0.2) is 45.0 Å². The summed E-state index contributed by atoms with van der Waals surface area (Å²) < 4.78 is 0. The van der Waals surface area contributed by atoms with Gasteiger partial charge in [0.25, 0.3) is 5.91 Å². The molecule has 24 heavy (non-hydrogen) atoms. The Bertz CT molecular complexity index is 631. The first kappa shape index (κ1) is 19.6. The summed E-state index contributed by atoms with van der Waals surface area (Å²) in [6, 6.07) is 7.53.